The van der Waals surface area contributed by atoms with Gasteiger partial charge in [-0.1, -0.05) is 88.3 Å². The largest absolute Gasteiger partial charge is 0.479 e. The van der Waals surface area contributed by atoms with Gasteiger partial charge in [-0.15, -0.1) is 0 Å². The van der Waals surface area contributed by atoms with E-state index >= 15 is 0 Å². The highest BCUT2D eigenvalue weighted by atomic mass is 16.6. The third-order valence-electron chi connectivity index (χ3n) is 5.39. The highest BCUT2D eigenvalue weighted by Crippen LogP contribution is 2.24. The predicted molar refractivity (Wildman–Crippen MR) is 125 cm³/mol. The van der Waals surface area contributed by atoms with Crippen molar-refractivity contribution in [2.24, 2.45) is 0 Å². The van der Waals surface area contributed by atoms with E-state index in [2.05, 4.69) is 31.2 Å². The van der Waals surface area contributed by atoms with Crippen molar-refractivity contribution in [1.29, 1.82) is 0 Å². The molecule has 0 saturated heterocycles. The van der Waals surface area contributed by atoms with Crippen LogP contribution < -0.4 is 4.74 Å². The van der Waals surface area contributed by atoms with E-state index in [1.807, 2.05) is 24.3 Å². The molecule has 0 fully saturated rings. The zero-order valence-electron chi connectivity index (χ0n) is 19.0. The van der Waals surface area contributed by atoms with E-state index in [0.29, 0.717) is 12.4 Å². The molecule has 2 aromatic carbocycles. The van der Waals surface area contributed by atoms with Gasteiger partial charge in [-0.05, 0) is 55.5 Å². The van der Waals surface area contributed by atoms with Gasteiger partial charge in [0, 0.05) is 0 Å². The zero-order valence-corrected chi connectivity index (χ0v) is 19.0. The maximum absolute atomic E-state index is 11.7. The molecule has 0 aliphatic heterocycles. The predicted octanol–water partition coefficient (Wildman–Crippen LogP) is 7.37. The number of rotatable bonds is 14. The lowest BCUT2D eigenvalue weighted by molar-refractivity contribution is -0.150. The Morgan fingerprint density at radius 1 is 0.767 bits per heavy atom. The average Bonchev–Trinajstić information content (AvgIpc) is 2.77. The topological polar surface area (TPSA) is 35.5 Å². The van der Waals surface area contributed by atoms with Crippen molar-refractivity contribution in [3.8, 4) is 16.9 Å². The second kappa shape index (κ2) is 13.8. The Kier molecular flexibility index (Phi) is 11.1. The molecule has 0 N–H and O–H groups in total. The van der Waals surface area contributed by atoms with Gasteiger partial charge in [-0.25, -0.2) is 4.79 Å². The fourth-order valence-electron chi connectivity index (χ4n) is 3.56. The molecule has 0 aliphatic rings. The fourth-order valence-corrected chi connectivity index (χ4v) is 3.56. The molecule has 3 heteroatoms. The summed E-state index contributed by atoms with van der Waals surface area (Å²) in [6.45, 7) is 6.13. The Hall–Kier alpha value is -2.29. The first-order valence-electron chi connectivity index (χ1n) is 11.7. The molecule has 0 saturated carbocycles. The van der Waals surface area contributed by atoms with Gasteiger partial charge in [0.1, 0.15) is 5.75 Å². The van der Waals surface area contributed by atoms with Crippen LogP contribution in [0.4, 0.5) is 0 Å². The quantitative estimate of drug-likeness (QED) is 0.241. The van der Waals surface area contributed by atoms with E-state index in [1.54, 1.807) is 13.8 Å². The van der Waals surface area contributed by atoms with Crippen molar-refractivity contribution in [1.82, 2.24) is 0 Å². The van der Waals surface area contributed by atoms with Crippen LogP contribution in [0.15, 0.2) is 48.5 Å². The number of aryl methyl sites for hydroxylation is 1. The van der Waals surface area contributed by atoms with Gasteiger partial charge in [-0.2, -0.15) is 0 Å². The number of ether oxygens (including phenoxy) is 2. The van der Waals surface area contributed by atoms with E-state index in [4.69, 9.17) is 9.47 Å². The Morgan fingerprint density at radius 2 is 1.30 bits per heavy atom. The maximum Gasteiger partial charge on any atom is 0.347 e. The van der Waals surface area contributed by atoms with Crippen LogP contribution in [-0.4, -0.2) is 18.7 Å². The molecule has 30 heavy (non-hydrogen) atoms. The van der Waals surface area contributed by atoms with Crippen LogP contribution in [0.2, 0.25) is 0 Å². The molecule has 0 radical (unpaired) electrons. The van der Waals surface area contributed by atoms with Crippen LogP contribution in [0.5, 0.6) is 5.75 Å². The Labute approximate surface area is 182 Å². The normalized spacial score (nSPS) is 11.8. The molecule has 2 rings (SSSR count). The van der Waals surface area contributed by atoms with Crippen molar-refractivity contribution in [2.45, 2.75) is 84.7 Å². The highest BCUT2D eigenvalue weighted by Gasteiger charge is 2.15. The monoisotopic (exact) mass is 410 g/mol. The van der Waals surface area contributed by atoms with Gasteiger partial charge >= 0.3 is 5.97 Å². The summed E-state index contributed by atoms with van der Waals surface area (Å²) in [6, 6.07) is 16.7. The average molecular weight is 411 g/mol. The van der Waals surface area contributed by atoms with Crippen molar-refractivity contribution in [2.75, 3.05) is 6.61 Å². The van der Waals surface area contributed by atoms with Crippen molar-refractivity contribution >= 4 is 5.97 Å². The van der Waals surface area contributed by atoms with Crippen LogP contribution in [0.25, 0.3) is 11.1 Å². The SMILES string of the molecule is CCCCCCCCCCc1ccc(-c2ccc(OC(C)C(=O)OCC)cc2)cc1. The molecule has 0 spiro atoms. The second-order valence-electron chi connectivity index (χ2n) is 7.96. The molecule has 0 bridgehead atoms. The number of carbonyl (C=O) groups excluding carboxylic acids is 1. The van der Waals surface area contributed by atoms with Gasteiger partial charge in [0.05, 0.1) is 6.61 Å². The first kappa shape index (κ1) is 24.0. The van der Waals surface area contributed by atoms with Crippen LogP contribution in [0.3, 0.4) is 0 Å². The maximum atomic E-state index is 11.7. The van der Waals surface area contributed by atoms with Gasteiger partial charge in [-0.3, -0.25) is 0 Å². The second-order valence-corrected chi connectivity index (χ2v) is 7.96. The summed E-state index contributed by atoms with van der Waals surface area (Å²) in [5.41, 5.74) is 3.75. The molecule has 3 nitrogen and oxygen atoms in total. The number of carbonyl (C=O) groups is 1. The van der Waals surface area contributed by atoms with Crippen molar-refractivity contribution in [3.05, 3.63) is 54.1 Å². The van der Waals surface area contributed by atoms with Crippen LogP contribution in [0.1, 0.15) is 77.7 Å². The molecule has 0 aromatic heterocycles. The minimum Gasteiger partial charge on any atom is -0.479 e. The number of benzene rings is 2. The van der Waals surface area contributed by atoms with E-state index in [9.17, 15) is 4.79 Å². The number of esters is 1. The molecular weight excluding hydrogens is 372 g/mol. The van der Waals surface area contributed by atoms with E-state index < -0.39 is 6.10 Å². The molecule has 0 heterocycles. The van der Waals surface area contributed by atoms with Crippen molar-refractivity contribution in [3.63, 3.8) is 0 Å². The third kappa shape index (κ3) is 8.61. The van der Waals surface area contributed by atoms with Gasteiger partial charge in [0.2, 0.25) is 0 Å². The molecule has 0 amide bonds. The van der Waals surface area contributed by atoms with Gasteiger partial charge < -0.3 is 9.47 Å². The summed E-state index contributed by atoms with van der Waals surface area (Å²) >= 11 is 0. The minimum absolute atomic E-state index is 0.339. The lowest BCUT2D eigenvalue weighted by atomic mass is 10.0. The molecule has 1 unspecified atom stereocenters. The van der Waals surface area contributed by atoms with E-state index in [-0.39, 0.29) is 5.97 Å². The zero-order chi connectivity index (χ0) is 21.6. The molecule has 164 valence electrons. The van der Waals surface area contributed by atoms with Crippen molar-refractivity contribution < 1.29 is 14.3 Å². The summed E-state index contributed by atoms with van der Waals surface area (Å²) in [7, 11) is 0. The fraction of sp³-hybridized carbons (Fsp3) is 0.519. The van der Waals surface area contributed by atoms with Crippen LogP contribution in [0, 0.1) is 0 Å². The standard InChI is InChI=1S/C27H38O3/c1-4-6-7-8-9-10-11-12-13-23-14-16-24(17-15-23)25-18-20-26(21-19-25)30-22(3)27(28)29-5-2/h14-22H,4-13H2,1-3H3. The summed E-state index contributed by atoms with van der Waals surface area (Å²) < 4.78 is 10.6. The number of hydrogen-bond donors (Lipinski definition) is 0. The Bertz CT molecular complexity index is 719. The summed E-state index contributed by atoms with van der Waals surface area (Å²) in [4.78, 5) is 11.7. The van der Waals surface area contributed by atoms with Gasteiger partial charge in [0.15, 0.2) is 6.10 Å². The van der Waals surface area contributed by atoms with Gasteiger partial charge in [0.25, 0.3) is 0 Å². The lowest BCUT2D eigenvalue weighted by Crippen LogP contribution is -2.25. The molecule has 0 aliphatic carbocycles. The Morgan fingerprint density at radius 3 is 1.87 bits per heavy atom. The molecule has 2 aromatic rings. The van der Waals surface area contributed by atoms with E-state index in [1.165, 1.54) is 62.5 Å². The highest BCUT2D eigenvalue weighted by molar-refractivity contribution is 5.74. The molecule has 1 atom stereocenters. The number of unbranched alkanes of at least 4 members (excludes halogenated alkanes) is 7. The summed E-state index contributed by atoms with van der Waals surface area (Å²) in [5, 5.41) is 0. The first-order chi connectivity index (χ1) is 14.6. The lowest BCUT2D eigenvalue weighted by Gasteiger charge is -2.13. The first-order valence-corrected chi connectivity index (χ1v) is 11.7. The van der Waals surface area contributed by atoms with E-state index in [0.717, 1.165) is 12.0 Å². The van der Waals surface area contributed by atoms with Crippen LogP contribution in [-0.2, 0) is 16.0 Å². The van der Waals surface area contributed by atoms with Crippen LogP contribution >= 0.6 is 0 Å². The third-order valence-corrected chi connectivity index (χ3v) is 5.39. The smallest absolute Gasteiger partial charge is 0.347 e. The minimum atomic E-state index is -0.605. The Balaban J connectivity index is 1.75. The molecular formula is C27H38O3. The number of hydrogen-bond acceptors (Lipinski definition) is 3. The summed E-state index contributed by atoms with van der Waals surface area (Å²) in [6.07, 6.45) is 11.4. The summed E-state index contributed by atoms with van der Waals surface area (Å²) in [5.74, 6) is 0.333.